The lowest BCUT2D eigenvalue weighted by Gasteiger charge is -2.28. The molecule has 6 heteroatoms. The van der Waals surface area contributed by atoms with Gasteiger partial charge in [0.15, 0.2) is 0 Å². The summed E-state index contributed by atoms with van der Waals surface area (Å²) in [5.41, 5.74) is 3.65. The highest BCUT2D eigenvalue weighted by Crippen LogP contribution is 2.29. The summed E-state index contributed by atoms with van der Waals surface area (Å²) in [6.45, 7) is 3.09. The standard InChI is InChI=1S/C23H28N4O2/c28-22(25-18-10-12-19(13-11-18)26-14-4-1-5-15-26)17-24-20-7-2-3-8-21(20)27-16-6-9-23(27)29/h2-3,7-8,10-13,24H,1,4-6,9,14-17H2,(H,25,28). The van der Waals surface area contributed by atoms with Gasteiger partial charge >= 0.3 is 0 Å². The number of benzene rings is 2. The first-order valence-corrected chi connectivity index (χ1v) is 10.5. The molecule has 0 aliphatic carbocycles. The lowest BCUT2D eigenvalue weighted by molar-refractivity contribution is -0.117. The molecule has 2 aromatic carbocycles. The van der Waals surface area contributed by atoms with Gasteiger partial charge in [-0.2, -0.15) is 0 Å². The summed E-state index contributed by atoms with van der Waals surface area (Å²) >= 11 is 0. The molecule has 2 amide bonds. The summed E-state index contributed by atoms with van der Waals surface area (Å²) in [5, 5.41) is 6.12. The number of rotatable bonds is 6. The Morgan fingerprint density at radius 2 is 1.66 bits per heavy atom. The summed E-state index contributed by atoms with van der Waals surface area (Å²) in [5.74, 6) is 0.0239. The maximum absolute atomic E-state index is 12.4. The van der Waals surface area contributed by atoms with Crippen LogP contribution in [0, 0.1) is 0 Å². The molecule has 2 saturated heterocycles. The predicted octanol–water partition coefficient (Wildman–Crippen LogP) is 3.85. The Balaban J connectivity index is 1.33. The number of anilines is 4. The van der Waals surface area contributed by atoms with E-state index < -0.39 is 0 Å². The van der Waals surface area contributed by atoms with Crippen molar-refractivity contribution in [2.45, 2.75) is 32.1 Å². The van der Waals surface area contributed by atoms with Crippen LogP contribution in [0.4, 0.5) is 22.7 Å². The van der Waals surface area contributed by atoms with Crippen LogP contribution in [0.3, 0.4) is 0 Å². The monoisotopic (exact) mass is 392 g/mol. The van der Waals surface area contributed by atoms with Gasteiger partial charge in [0.25, 0.3) is 0 Å². The van der Waals surface area contributed by atoms with E-state index in [4.69, 9.17) is 0 Å². The van der Waals surface area contributed by atoms with Crippen molar-refractivity contribution in [3.8, 4) is 0 Å². The number of hydrogen-bond acceptors (Lipinski definition) is 4. The highest BCUT2D eigenvalue weighted by atomic mass is 16.2. The van der Waals surface area contributed by atoms with E-state index >= 15 is 0 Å². The Morgan fingerprint density at radius 1 is 0.897 bits per heavy atom. The number of piperidine rings is 1. The summed E-state index contributed by atoms with van der Waals surface area (Å²) in [7, 11) is 0. The number of hydrogen-bond donors (Lipinski definition) is 2. The van der Waals surface area contributed by atoms with Crippen molar-refractivity contribution < 1.29 is 9.59 Å². The molecule has 0 aromatic heterocycles. The number of carbonyl (C=O) groups excluding carboxylic acids is 2. The van der Waals surface area contributed by atoms with Crippen LogP contribution >= 0.6 is 0 Å². The highest BCUT2D eigenvalue weighted by molar-refractivity contribution is 5.99. The fourth-order valence-electron chi connectivity index (χ4n) is 4.05. The summed E-state index contributed by atoms with van der Waals surface area (Å²) in [6, 6.07) is 15.7. The summed E-state index contributed by atoms with van der Waals surface area (Å²) in [6.07, 6.45) is 5.26. The van der Waals surface area contributed by atoms with Crippen molar-refractivity contribution >= 4 is 34.6 Å². The molecule has 0 radical (unpaired) electrons. The molecule has 4 rings (SSSR count). The van der Waals surface area contributed by atoms with Crippen molar-refractivity contribution in [2.75, 3.05) is 46.6 Å². The Bertz CT molecular complexity index is 859. The van der Waals surface area contributed by atoms with E-state index in [2.05, 4.69) is 27.7 Å². The van der Waals surface area contributed by atoms with Gasteiger partial charge in [0.05, 0.1) is 17.9 Å². The Kier molecular flexibility index (Phi) is 5.98. The van der Waals surface area contributed by atoms with Crippen LogP contribution in [-0.4, -0.2) is 38.0 Å². The third-order valence-electron chi connectivity index (χ3n) is 5.58. The van der Waals surface area contributed by atoms with Crippen LogP contribution in [0.5, 0.6) is 0 Å². The van der Waals surface area contributed by atoms with Crippen LogP contribution in [0.2, 0.25) is 0 Å². The molecule has 2 heterocycles. The van der Waals surface area contributed by atoms with Gasteiger partial charge in [0, 0.05) is 37.4 Å². The minimum atomic E-state index is -0.113. The summed E-state index contributed by atoms with van der Waals surface area (Å²) < 4.78 is 0. The Labute approximate surface area is 171 Å². The average molecular weight is 393 g/mol. The zero-order valence-electron chi connectivity index (χ0n) is 16.7. The van der Waals surface area contributed by atoms with Crippen molar-refractivity contribution in [3.05, 3.63) is 48.5 Å². The van der Waals surface area contributed by atoms with Gasteiger partial charge in [-0.05, 0) is 62.1 Å². The number of carbonyl (C=O) groups is 2. The largest absolute Gasteiger partial charge is 0.374 e. The molecule has 0 atom stereocenters. The lowest BCUT2D eigenvalue weighted by Crippen LogP contribution is -2.29. The first-order chi connectivity index (χ1) is 14.2. The molecule has 152 valence electrons. The molecule has 0 unspecified atom stereocenters. The quantitative estimate of drug-likeness (QED) is 0.784. The van der Waals surface area contributed by atoms with Gasteiger partial charge in [0.2, 0.25) is 11.8 Å². The van der Waals surface area contributed by atoms with Crippen LogP contribution in [0.1, 0.15) is 32.1 Å². The molecule has 29 heavy (non-hydrogen) atoms. The van der Waals surface area contributed by atoms with E-state index in [1.807, 2.05) is 36.4 Å². The zero-order valence-corrected chi connectivity index (χ0v) is 16.7. The normalized spacial score (nSPS) is 16.8. The number of amides is 2. The van der Waals surface area contributed by atoms with Gasteiger partial charge in [-0.25, -0.2) is 0 Å². The molecule has 2 aliphatic rings. The van der Waals surface area contributed by atoms with E-state index in [9.17, 15) is 9.59 Å². The van der Waals surface area contributed by atoms with Crippen LogP contribution < -0.4 is 20.4 Å². The maximum atomic E-state index is 12.4. The Hall–Kier alpha value is -3.02. The zero-order chi connectivity index (χ0) is 20.1. The van der Waals surface area contributed by atoms with Crippen molar-refractivity contribution in [2.24, 2.45) is 0 Å². The number of para-hydroxylation sites is 2. The molecule has 2 fully saturated rings. The van der Waals surface area contributed by atoms with Gasteiger partial charge < -0.3 is 20.4 Å². The van der Waals surface area contributed by atoms with E-state index in [1.165, 1.54) is 24.9 Å². The van der Waals surface area contributed by atoms with E-state index in [-0.39, 0.29) is 18.4 Å². The minimum absolute atomic E-state index is 0.113. The highest BCUT2D eigenvalue weighted by Gasteiger charge is 2.23. The molecule has 6 nitrogen and oxygen atoms in total. The molecule has 0 bridgehead atoms. The SMILES string of the molecule is O=C(CNc1ccccc1N1CCCC1=O)Nc1ccc(N2CCCCC2)cc1. The number of nitrogens with one attached hydrogen (secondary N) is 2. The smallest absolute Gasteiger partial charge is 0.243 e. The van der Waals surface area contributed by atoms with Crippen molar-refractivity contribution in [3.63, 3.8) is 0 Å². The average Bonchev–Trinajstić information content (AvgIpc) is 3.19. The second-order valence-corrected chi connectivity index (χ2v) is 7.66. The third-order valence-corrected chi connectivity index (χ3v) is 5.58. The van der Waals surface area contributed by atoms with Gasteiger partial charge in [-0.1, -0.05) is 12.1 Å². The van der Waals surface area contributed by atoms with Crippen LogP contribution in [0.25, 0.3) is 0 Å². The van der Waals surface area contributed by atoms with Crippen molar-refractivity contribution in [1.29, 1.82) is 0 Å². The molecule has 0 spiro atoms. The van der Waals surface area contributed by atoms with E-state index in [1.54, 1.807) is 4.90 Å². The fraction of sp³-hybridized carbons (Fsp3) is 0.391. The van der Waals surface area contributed by atoms with Crippen LogP contribution in [-0.2, 0) is 9.59 Å². The maximum Gasteiger partial charge on any atom is 0.243 e. The van der Waals surface area contributed by atoms with E-state index in [0.717, 1.165) is 43.1 Å². The first kappa shape index (κ1) is 19.3. The molecule has 2 aliphatic heterocycles. The van der Waals surface area contributed by atoms with Gasteiger partial charge in [-0.15, -0.1) is 0 Å². The van der Waals surface area contributed by atoms with Crippen molar-refractivity contribution in [1.82, 2.24) is 0 Å². The molecular formula is C23H28N4O2. The Morgan fingerprint density at radius 3 is 2.38 bits per heavy atom. The van der Waals surface area contributed by atoms with Gasteiger partial charge in [-0.3, -0.25) is 9.59 Å². The molecular weight excluding hydrogens is 364 g/mol. The summed E-state index contributed by atoms with van der Waals surface area (Å²) in [4.78, 5) is 28.7. The van der Waals surface area contributed by atoms with E-state index in [0.29, 0.717) is 6.42 Å². The lowest BCUT2D eigenvalue weighted by atomic mass is 10.1. The molecule has 2 aromatic rings. The predicted molar refractivity (Wildman–Crippen MR) is 118 cm³/mol. The first-order valence-electron chi connectivity index (χ1n) is 10.5. The van der Waals surface area contributed by atoms with Gasteiger partial charge in [0.1, 0.15) is 0 Å². The third kappa shape index (κ3) is 4.70. The topological polar surface area (TPSA) is 64.7 Å². The minimum Gasteiger partial charge on any atom is -0.374 e. The molecule has 0 saturated carbocycles. The second kappa shape index (κ2) is 8.99. The second-order valence-electron chi connectivity index (χ2n) is 7.66. The molecule has 2 N–H and O–H groups in total. The van der Waals surface area contributed by atoms with Crippen LogP contribution in [0.15, 0.2) is 48.5 Å². The number of nitrogens with zero attached hydrogens (tertiary/aromatic N) is 2. The fourth-order valence-corrected chi connectivity index (χ4v) is 4.05.